The lowest BCUT2D eigenvalue weighted by Gasteiger charge is -2.19. The third kappa shape index (κ3) is 7.92. The van der Waals surface area contributed by atoms with Gasteiger partial charge in [-0.25, -0.2) is 0 Å². The van der Waals surface area contributed by atoms with Crippen molar-refractivity contribution in [3.05, 3.63) is 138 Å². The molecule has 0 spiro atoms. The normalized spacial score (nSPS) is 11.0. The molecule has 0 atom stereocenters. The van der Waals surface area contributed by atoms with Crippen molar-refractivity contribution < 1.29 is 0 Å². The van der Waals surface area contributed by atoms with Crippen LogP contribution in [0, 0.1) is 0 Å². The minimum Gasteiger partial charge on any atom is -0.0669 e. The van der Waals surface area contributed by atoms with Gasteiger partial charge < -0.3 is 0 Å². The molecule has 4 aromatic carbocycles. The monoisotopic (exact) mass is 515 g/mol. The topological polar surface area (TPSA) is 0 Å². The molecule has 4 rings (SSSR count). The zero-order chi connectivity index (χ0) is 26.4. The van der Waals surface area contributed by atoms with E-state index in [0.29, 0.717) is 0 Å². The maximum Gasteiger partial charge on any atom is 0.0824 e. The maximum absolute atomic E-state index is 2.49. The van der Waals surface area contributed by atoms with Crippen LogP contribution in [0.2, 0.25) is 12.6 Å². The molecule has 0 heterocycles. The Morgan fingerprint density at radius 2 is 0.816 bits per heavy atom. The second kappa shape index (κ2) is 15.3. The highest BCUT2D eigenvalue weighted by atomic mass is 28.3. The molecule has 1 heteroatoms. The Balaban J connectivity index is 1.58. The lowest BCUT2D eigenvalue weighted by atomic mass is 9.86. The summed E-state index contributed by atoms with van der Waals surface area (Å²) < 4.78 is 0. The van der Waals surface area contributed by atoms with Gasteiger partial charge >= 0.3 is 0 Å². The minimum absolute atomic E-state index is 0.513. The number of hydrogen-bond acceptors (Lipinski definition) is 0. The van der Waals surface area contributed by atoms with E-state index in [1.165, 1.54) is 90.8 Å². The molecule has 0 unspecified atom stereocenters. The van der Waals surface area contributed by atoms with Gasteiger partial charge in [0.2, 0.25) is 0 Å². The number of hydrogen-bond donors (Lipinski definition) is 0. The summed E-state index contributed by atoms with van der Waals surface area (Å²) in [6, 6.07) is 43.5. The fourth-order valence-corrected chi connectivity index (χ4v) is 7.12. The van der Waals surface area contributed by atoms with Crippen molar-refractivity contribution in [2.45, 2.75) is 70.9 Å². The van der Waals surface area contributed by atoms with Crippen molar-refractivity contribution in [1.29, 1.82) is 0 Å². The summed E-state index contributed by atoms with van der Waals surface area (Å²) in [5, 5.41) is 1.55. The molecule has 0 fully saturated rings. The SMILES string of the molecule is CCCCCCCCCC[Si](C)c1ccc(C(=C(c2ccccc2)c2ccccc2)c2ccccc2)cc1. The Kier molecular flexibility index (Phi) is 11.2. The molecule has 0 saturated carbocycles. The summed E-state index contributed by atoms with van der Waals surface area (Å²) in [6.07, 6.45) is 11.2. The first-order valence-electron chi connectivity index (χ1n) is 14.6. The first-order valence-corrected chi connectivity index (χ1v) is 16.8. The van der Waals surface area contributed by atoms with Gasteiger partial charge in [0.15, 0.2) is 0 Å². The number of unbranched alkanes of at least 4 members (excludes halogenated alkanes) is 7. The second-order valence-electron chi connectivity index (χ2n) is 10.4. The maximum atomic E-state index is 2.49. The van der Waals surface area contributed by atoms with Crippen molar-refractivity contribution >= 4 is 25.1 Å². The van der Waals surface area contributed by atoms with Crippen LogP contribution in [0.5, 0.6) is 0 Å². The molecular weight excluding hydrogens is 472 g/mol. The quantitative estimate of drug-likeness (QED) is 0.0890. The van der Waals surface area contributed by atoms with E-state index in [-0.39, 0.29) is 0 Å². The van der Waals surface area contributed by atoms with Crippen LogP contribution in [-0.2, 0) is 0 Å². The minimum atomic E-state index is -0.513. The summed E-state index contributed by atoms with van der Waals surface area (Å²) in [5.41, 5.74) is 7.61. The lowest BCUT2D eigenvalue weighted by Crippen LogP contribution is -2.25. The van der Waals surface area contributed by atoms with Gasteiger partial charge in [-0.15, -0.1) is 0 Å². The Labute approximate surface area is 233 Å². The standard InChI is InChI=1S/C37H43Si/c1-3-4-5-6-7-8-9-19-30-38(2)35-28-26-34(27-29-35)37(33-24-17-12-18-25-33)36(31-20-13-10-14-21-31)32-22-15-11-16-23-32/h10-18,20-29H,3-9,19,30H2,1-2H3. The molecule has 0 nitrogen and oxygen atoms in total. The fourth-order valence-electron chi connectivity index (χ4n) is 5.31. The number of benzene rings is 4. The van der Waals surface area contributed by atoms with E-state index in [0.717, 1.165) is 0 Å². The van der Waals surface area contributed by atoms with E-state index in [1.54, 1.807) is 5.19 Å². The van der Waals surface area contributed by atoms with Crippen molar-refractivity contribution in [2.75, 3.05) is 0 Å². The van der Waals surface area contributed by atoms with Gasteiger partial charge in [-0.05, 0) is 33.4 Å². The molecule has 38 heavy (non-hydrogen) atoms. The van der Waals surface area contributed by atoms with E-state index in [2.05, 4.69) is 129 Å². The van der Waals surface area contributed by atoms with Gasteiger partial charge in [-0.1, -0.05) is 191 Å². The summed E-state index contributed by atoms with van der Waals surface area (Å²) in [4.78, 5) is 0. The molecule has 0 saturated heterocycles. The van der Waals surface area contributed by atoms with Gasteiger partial charge in [0.25, 0.3) is 0 Å². The predicted octanol–water partition coefficient (Wildman–Crippen LogP) is 10.2. The molecular formula is C37H43Si. The Morgan fingerprint density at radius 3 is 1.24 bits per heavy atom. The van der Waals surface area contributed by atoms with Gasteiger partial charge in [0, 0.05) is 0 Å². The average molecular weight is 516 g/mol. The van der Waals surface area contributed by atoms with Crippen LogP contribution < -0.4 is 5.19 Å². The summed E-state index contributed by atoms with van der Waals surface area (Å²) in [5.74, 6) is 0. The third-order valence-electron chi connectivity index (χ3n) is 7.51. The Hall–Kier alpha value is -3.16. The molecule has 0 aliphatic rings. The van der Waals surface area contributed by atoms with Gasteiger partial charge in [0.1, 0.15) is 0 Å². The Morgan fingerprint density at radius 1 is 0.447 bits per heavy atom. The van der Waals surface area contributed by atoms with E-state index in [4.69, 9.17) is 0 Å². The number of rotatable bonds is 14. The van der Waals surface area contributed by atoms with Crippen molar-refractivity contribution in [1.82, 2.24) is 0 Å². The molecule has 0 amide bonds. The lowest BCUT2D eigenvalue weighted by molar-refractivity contribution is 0.584. The largest absolute Gasteiger partial charge is 0.0824 e. The van der Waals surface area contributed by atoms with Crippen molar-refractivity contribution in [3.8, 4) is 0 Å². The first kappa shape index (κ1) is 27.9. The molecule has 0 bridgehead atoms. The van der Waals surface area contributed by atoms with E-state index in [1.807, 2.05) is 0 Å². The van der Waals surface area contributed by atoms with Crippen LogP contribution in [0.4, 0.5) is 0 Å². The summed E-state index contributed by atoms with van der Waals surface area (Å²) in [6.45, 7) is 4.79. The fraction of sp³-hybridized carbons (Fsp3) is 0.297. The van der Waals surface area contributed by atoms with Crippen LogP contribution in [0.1, 0.15) is 80.5 Å². The molecule has 4 aromatic rings. The van der Waals surface area contributed by atoms with E-state index >= 15 is 0 Å². The first-order chi connectivity index (χ1) is 18.8. The van der Waals surface area contributed by atoms with E-state index < -0.39 is 8.80 Å². The molecule has 195 valence electrons. The van der Waals surface area contributed by atoms with Crippen molar-refractivity contribution in [3.63, 3.8) is 0 Å². The zero-order valence-electron chi connectivity index (χ0n) is 23.3. The third-order valence-corrected chi connectivity index (χ3v) is 9.93. The average Bonchev–Trinajstić information content (AvgIpc) is 2.98. The summed E-state index contributed by atoms with van der Waals surface area (Å²) >= 11 is 0. The van der Waals surface area contributed by atoms with Gasteiger partial charge in [0.05, 0.1) is 8.80 Å². The zero-order valence-corrected chi connectivity index (χ0v) is 24.3. The van der Waals surface area contributed by atoms with Gasteiger partial charge in [-0.3, -0.25) is 0 Å². The predicted molar refractivity (Wildman–Crippen MR) is 169 cm³/mol. The van der Waals surface area contributed by atoms with Crippen LogP contribution in [0.3, 0.4) is 0 Å². The molecule has 0 N–H and O–H groups in total. The molecule has 1 radical (unpaired) electrons. The molecule has 0 aliphatic heterocycles. The van der Waals surface area contributed by atoms with Crippen LogP contribution in [0.25, 0.3) is 11.1 Å². The van der Waals surface area contributed by atoms with Crippen LogP contribution >= 0.6 is 0 Å². The highest BCUT2D eigenvalue weighted by Crippen LogP contribution is 2.36. The smallest absolute Gasteiger partial charge is 0.0669 e. The van der Waals surface area contributed by atoms with Crippen LogP contribution in [0.15, 0.2) is 115 Å². The van der Waals surface area contributed by atoms with Crippen molar-refractivity contribution in [2.24, 2.45) is 0 Å². The second-order valence-corrected chi connectivity index (χ2v) is 13.1. The van der Waals surface area contributed by atoms with Gasteiger partial charge in [-0.2, -0.15) is 0 Å². The van der Waals surface area contributed by atoms with Crippen LogP contribution in [-0.4, -0.2) is 8.80 Å². The highest BCUT2D eigenvalue weighted by Gasteiger charge is 2.16. The molecule has 0 aliphatic carbocycles. The highest BCUT2D eigenvalue weighted by molar-refractivity contribution is 6.72. The molecule has 0 aromatic heterocycles. The summed E-state index contributed by atoms with van der Waals surface area (Å²) in [7, 11) is -0.513. The van der Waals surface area contributed by atoms with E-state index in [9.17, 15) is 0 Å². The Bertz CT molecular complexity index is 1180.